The van der Waals surface area contributed by atoms with E-state index >= 15 is 0 Å². The van der Waals surface area contributed by atoms with Crippen molar-refractivity contribution in [1.82, 2.24) is 15.2 Å². The van der Waals surface area contributed by atoms with Gasteiger partial charge in [-0.05, 0) is 44.9 Å². The Morgan fingerprint density at radius 2 is 2.33 bits per heavy atom. The van der Waals surface area contributed by atoms with E-state index in [0.29, 0.717) is 12.3 Å². The summed E-state index contributed by atoms with van der Waals surface area (Å²) in [6.07, 6.45) is 3.58. The topological polar surface area (TPSA) is 57.3 Å². The summed E-state index contributed by atoms with van der Waals surface area (Å²) in [5, 5.41) is 6.32. The molecule has 2 heterocycles. The average Bonchev–Trinajstić information content (AvgIpc) is 2.91. The second-order valence-corrected chi connectivity index (χ2v) is 6.02. The number of carbonyl (C=O) groups is 1. The zero-order chi connectivity index (χ0) is 15.1. The largest absolute Gasteiger partial charge is 0.370 e. The van der Waals surface area contributed by atoms with Gasteiger partial charge in [0.1, 0.15) is 5.82 Å². The molecule has 1 aromatic rings. The van der Waals surface area contributed by atoms with E-state index in [1.54, 1.807) is 6.20 Å². The summed E-state index contributed by atoms with van der Waals surface area (Å²) in [6, 6.07) is 6.13. The van der Waals surface area contributed by atoms with Crippen LogP contribution in [0.5, 0.6) is 0 Å². The van der Waals surface area contributed by atoms with E-state index < -0.39 is 0 Å². The van der Waals surface area contributed by atoms with E-state index in [2.05, 4.69) is 20.5 Å². The molecule has 0 bridgehead atoms. The van der Waals surface area contributed by atoms with Crippen LogP contribution in [0.3, 0.4) is 0 Å². The van der Waals surface area contributed by atoms with Gasteiger partial charge in [0.2, 0.25) is 5.91 Å². The van der Waals surface area contributed by atoms with E-state index in [1.165, 1.54) is 6.42 Å². The highest BCUT2D eigenvalue weighted by Gasteiger charge is 2.22. The lowest BCUT2D eigenvalue weighted by Gasteiger charge is -2.17. The quantitative estimate of drug-likeness (QED) is 0.803. The molecule has 21 heavy (non-hydrogen) atoms. The second kappa shape index (κ2) is 7.98. The number of amides is 1. The molecule has 0 radical (unpaired) electrons. The summed E-state index contributed by atoms with van der Waals surface area (Å²) in [7, 11) is 0. The highest BCUT2D eigenvalue weighted by atomic mass is 16.1. The predicted molar refractivity (Wildman–Crippen MR) is 85.2 cm³/mol. The Bertz CT molecular complexity index is 435. The van der Waals surface area contributed by atoms with Gasteiger partial charge < -0.3 is 15.5 Å². The number of nitrogens with zero attached hydrogens (tertiary/aromatic N) is 2. The van der Waals surface area contributed by atoms with Crippen molar-refractivity contribution >= 4 is 11.7 Å². The molecule has 1 aliphatic rings. The SMILES string of the molecule is CC(C)NC(=O)CCN1CCC(CNc2ccccn2)C1. The molecule has 1 saturated heterocycles. The Kier molecular flexibility index (Phi) is 5.99. The molecular weight excluding hydrogens is 264 g/mol. The highest BCUT2D eigenvalue weighted by molar-refractivity contribution is 5.76. The molecule has 5 nitrogen and oxygen atoms in total. The Morgan fingerprint density at radius 3 is 3.05 bits per heavy atom. The number of aromatic nitrogens is 1. The molecule has 0 saturated carbocycles. The highest BCUT2D eigenvalue weighted by Crippen LogP contribution is 2.16. The molecule has 1 amide bonds. The van der Waals surface area contributed by atoms with Gasteiger partial charge in [-0.25, -0.2) is 4.98 Å². The molecule has 1 unspecified atom stereocenters. The molecular formula is C16H26N4O. The number of hydrogen-bond acceptors (Lipinski definition) is 4. The Morgan fingerprint density at radius 1 is 1.48 bits per heavy atom. The van der Waals surface area contributed by atoms with E-state index in [4.69, 9.17) is 0 Å². The predicted octanol–water partition coefficient (Wildman–Crippen LogP) is 1.73. The van der Waals surface area contributed by atoms with Gasteiger partial charge >= 0.3 is 0 Å². The van der Waals surface area contributed by atoms with Crippen molar-refractivity contribution in [3.63, 3.8) is 0 Å². The van der Waals surface area contributed by atoms with Crippen LogP contribution in [0.1, 0.15) is 26.7 Å². The van der Waals surface area contributed by atoms with Crippen molar-refractivity contribution in [2.24, 2.45) is 5.92 Å². The fourth-order valence-electron chi connectivity index (χ4n) is 2.65. The molecule has 1 aliphatic heterocycles. The molecule has 2 N–H and O–H groups in total. The number of nitrogens with one attached hydrogen (secondary N) is 2. The second-order valence-electron chi connectivity index (χ2n) is 6.02. The molecule has 0 spiro atoms. The standard InChI is InChI=1S/C16H26N4O/c1-13(2)19-16(21)7-10-20-9-6-14(12-20)11-18-15-5-3-4-8-17-15/h3-5,8,13-14H,6-7,9-12H2,1-2H3,(H,17,18)(H,19,21). The Labute approximate surface area is 127 Å². The van der Waals surface area contributed by atoms with E-state index in [-0.39, 0.29) is 11.9 Å². The summed E-state index contributed by atoms with van der Waals surface area (Å²) in [6.45, 7) is 7.95. The van der Waals surface area contributed by atoms with E-state index in [0.717, 1.165) is 32.0 Å². The zero-order valence-corrected chi connectivity index (χ0v) is 13.0. The normalized spacial score (nSPS) is 18.9. The third-order valence-corrected chi connectivity index (χ3v) is 3.71. The van der Waals surface area contributed by atoms with Gasteiger partial charge in [-0.15, -0.1) is 0 Å². The van der Waals surface area contributed by atoms with Gasteiger partial charge in [0.05, 0.1) is 0 Å². The van der Waals surface area contributed by atoms with Crippen LogP contribution in [0.4, 0.5) is 5.82 Å². The van der Waals surface area contributed by atoms with Crippen molar-refractivity contribution in [2.45, 2.75) is 32.7 Å². The Balaban J connectivity index is 1.63. The number of likely N-dealkylation sites (tertiary alicyclic amines) is 1. The minimum atomic E-state index is 0.153. The van der Waals surface area contributed by atoms with Gasteiger partial charge in [-0.2, -0.15) is 0 Å². The minimum absolute atomic E-state index is 0.153. The maximum atomic E-state index is 11.6. The maximum Gasteiger partial charge on any atom is 0.221 e. The minimum Gasteiger partial charge on any atom is -0.370 e. The van der Waals surface area contributed by atoms with Crippen LogP contribution in [0.25, 0.3) is 0 Å². The van der Waals surface area contributed by atoms with Crippen LogP contribution in [0.2, 0.25) is 0 Å². The first kappa shape index (κ1) is 15.8. The molecule has 2 rings (SSSR count). The number of hydrogen-bond donors (Lipinski definition) is 2. The lowest BCUT2D eigenvalue weighted by Crippen LogP contribution is -2.33. The van der Waals surface area contributed by atoms with Crippen molar-refractivity contribution in [1.29, 1.82) is 0 Å². The first-order valence-electron chi connectivity index (χ1n) is 7.80. The lowest BCUT2D eigenvalue weighted by atomic mass is 10.1. The fraction of sp³-hybridized carbons (Fsp3) is 0.625. The van der Waals surface area contributed by atoms with E-state index in [1.807, 2.05) is 32.0 Å². The average molecular weight is 290 g/mol. The van der Waals surface area contributed by atoms with Crippen LogP contribution >= 0.6 is 0 Å². The van der Waals surface area contributed by atoms with Crippen molar-refractivity contribution in [3.05, 3.63) is 24.4 Å². The number of anilines is 1. The summed E-state index contributed by atoms with van der Waals surface area (Å²) in [4.78, 5) is 18.3. The summed E-state index contributed by atoms with van der Waals surface area (Å²) in [5.41, 5.74) is 0. The first-order valence-corrected chi connectivity index (χ1v) is 7.80. The molecule has 1 aromatic heterocycles. The monoisotopic (exact) mass is 290 g/mol. The molecule has 5 heteroatoms. The van der Waals surface area contributed by atoms with Crippen LogP contribution in [0.15, 0.2) is 24.4 Å². The van der Waals surface area contributed by atoms with Crippen LogP contribution in [-0.4, -0.2) is 48.0 Å². The van der Waals surface area contributed by atoms with Gasteiger partial charge in [0, 0.05) is 38.3 Å². The van der Waals surface area contributed by atoms with Crippen molar-refractivity contribution in [2.75, 3.05) is 31.5 Å². The molecule has 0 aliphatic carbocycles. The van der Waals surface area contributed by atoms with Crippen molar-refractivity contribution in [3.8, 4) is 0 Å². The molecule has 1 fully saturated rings. The molecule has 0 aromatic carbocycles. The fourth-order valence-corrected chi connectivity index (χ4v) is 2.65. The van der Waals surface area contributed by atoms with Gasteiger partial charge in [0.25, 0.3) is 0 Å². The van der Waals surface area contributed by atoms with Crippen LogP contribution in [0, 0.1) is 5.92 Å². The smallest absolute Gasteiger partial charge is 0.221 e. The van der Waals surface area contributed by atoms with Gasteiger partial charge in [-0.1, -0.05) is 6.07 Å². The maximum absolute atomic E-state index is 11.6. The third kappa shape index (κ3) is 5.71. The summed E-state index contributed by atoms with van der Waals surface area (Å²) < 4.78 is 0. The Hall–Kier alpha value is -1.62. The molecule has 116 valence electrons. The lowest BCUT2D eigenvalue weighted by molar-refractivity contribution is -0.121. The summed E-state index contributed by atoms with van der Waals surface area (Å²) >= 11 is 0. The number of carbonyl (C=O) groups excluding carboxylic acids is 1. The van der Waals surface area contributed by atoms with Gasteiger partial charge in [-0.3, -0.25) is 4.79 Å². The molecule has 1 atom stereocenters. The number of pyridine rings is 1. The van der Waals surface area contributed by atoms with Crippen LogP contribution < -0.4 is 10.6 Å². The summed E-state index contributed by atoms with van der Waals surface area (Å²) in [5.74, 6) is 1.73. The zero-order valence-electron chi connectivity index (χ0n) is 13.0. The van der Waals surface area contributed by atoms with Crippen LogP contribution in [-0.2, 0) is 4.79 Å². The van der Waals surface area contributed by atoms with E-state index in [9.17, 15) is 4.79 Å². The third-order valence-electron chi connectivity index (χ3n) is 3.71. The van der Waals surface area contributed by atoms with Gasteiger partial charge in [0.15, 0.2) is 0 Å². The first-order chi connectivity index (χ1) is 10.1. The van der Waals surface area contributed by atoms with Crippen molar-refractivity contribution < 1.29 is 4.79 Å². The number of rotatable bonds is 7.